The standard InChI is InChI=1S/C21H44O6S.Na/c1-6-10-11-12-13-14-15-16-17-18-19-20(5,25-7-2)21(26-8-3,27-9-4)28(22,23)24;/h6-19H2,1-5H3,(H,22,23,24);/q;+1/p-1. The van der Waals surface area contributed by atoms with E-state index in [4.69, 9.17) is 14.2 Å². The molecule has 6 nitrogen and oxygen atoms in total. The fourth-order valence-electron chi connectivity index (χ4n) is 3.72. The Bertz CT molecular complexity index is 480. The van der Waals surface area contributed by atoms with Gasteiger partial charge in [-0.3, -0.25) is 0 Å². The van der Waals surface area contributed by atoms with Crippen LogP contribution in [-0.2, 0) is 24.3 Å². The second-order valence-corrected chi connectivity index (χ2v) is 8.92. The Balaban J connectivity index is 0. The molecule has 0 rings (SSSR count). The van der Waals surface area contributed by atoms with Crippen LogP contribution in [0.5, 0.6) is 0 Å². The van der Waals surface area contributed by atoms with E-state index in [1.807, 2.05) is 0 Å². The molecule has 0 amide bonds. The minimum Gasteiger partial charge on any atom is -0.744 e. The van der Waals surface area contributed by atoms with Gasteiger partial charge in [-0.15, -0.1) is 0 Å². The van der Waals surface area contributed by atoms with Gasteiger partial charge in [0.1, 0.15) is 5.60 Å². The molecule has 0 fully saturated rings. The molecule has 170 valence electrons. The number of hydrogen-bond acceptors (Lipinski definition) is 6. The van der Waals surface area contributed by atoms with Crippen LogP contribution < -0.4 is 29.6 Å². The molecule has 0 spiro atoms. The second-order valence-electron chi connectivity index (χ2n) is 7.47. The molecule has 0 aliphatic carbocycles. The zero-order valence-corrected chi connectivity index (χ0v) is 22.6. The van der Waals surface area contributed by atoms with Crippen LogP contribution in [0.3, 0.4) is 0 Å². The molecule has 8 heteroatoms. The third kappa shape index (κ3) is 10.8. The predicted molar refractivity (Wildman–Crippen MR) is 112 cm³/mol. The first kappa shape index (κ1) is 32.0. The molecule has 0 saturated heterocycles. The van der Waals surface area contributed by atoms with Crippen molar-refractivity contribution in [2.45, 2.75) is 116 Å². The van der Waals surface area contributed by atoms with E-state index in [0.29, 0.717) is 6.42 Å². The largest absolute Gasteiger partial charge is 1.00 e. The van der Waals surface area contributed by atoms with E-state index in [-0.39, 0.29) is 49.4 Å². The summed E-state index contributed by atoms with van der Waals surface area (Å²) in [5.74, 6) is 0. The Morgan fingerprint density at radius 3 is 1.41 bits per heavy atom. The zero-order chi connectivity index (χ0) is 21.5. The molecule has 0 radical (unpaired) electrons. The van der Waals surface area contributed by atoms with E-state index < -0.39 is 20.8 Å². The van der Waals surface area contributed by atoms with Crippen LogP contribution in [-0.4, -0.2) is 43.5 Å². The van der Waals surface area contributed by atoms with Crippen LogP contribution >= 0.6 is 0 Å². The molecule has 0 heterocycles. The average Bonchev–Trinajstić information content (AvgIpc) is 2.62. The van der Waals surface area contributed by atoms with Crippen LogP contribution in [0.25, 0.3) is 0 Å². The van der Waals surface area contributed by atoms with E-state index >= 15 is 0 Å². The van der Waals surface area contributed by atoms with Crippen molar-refractivity contribution in [1.29, 1.82) is 0 Å². The van der Waals surface area contributed by atoms with Crippen molar-refractivity contribution in [2.75, 3.05) is 19.8 Å². The molecular weight excluding hydrogens is 403 g/mol. The minimum absolute atomic E-state index is 0. The van der Waals surface area contributed by atoms with Gasteiger partial charge >= 0.3 is 29.6 Å². The number of unbranched alkanes of at least 4 members (excludes halogenated alkanes) is 9. The molecule has 0 aromatic rings. The topological polar surface area (TPSA) is 84.9 Å². The third-order valence-corrected chi connectivity index (χ3v) is 6.44. The van der Waals surface area contributed by atoms with Gasteiger partial charge in [0.15, 0.2) is 10.1 Å². The summed E-state index contributed by atoms with van der Waals surface area (Å²) >= 11 is 0. The second kappa shape index (κ2) is 17.4. The van der Waals surface area contributed by atoms with E-state index in [0.717, 1.165) is 19.3 Å². The van der Waals surface area contributed by atoms with Gasteiger partial charge in [0.05, 0.1) is 0 Å². The summed E-state index contributed by atoms with van der Waals surface area (Å²) in [6.45, 7) is 9.26. The van der Waals surface area contributed by atoms with Gasteiger partial charge in [-0.05, 0) is 34.1 Å². The minimum atomic E-state index is -4.91. The quantitative estimate of drug-likeness (QED) is 0.131. The summed E-state index contributed by atoms with van der Waals surface area (Å²) in [6, 6.07) is 0. The van der Waals surface area contributed by atoms with Crippen molar-refractivity contribution in [3.05, 3.63) is 0 Å². The number of ether oxygens (including phenoxy) is 3. The first-order valence-corrected chi connectivity index (χ1v) is 12.5. The van der Waals surface area contributed by atoms with Gasteiger partial charge in [-0.25, -0.2) is 8.42 Å². The van der Waals surface area contributed by atoms with Crippen molar-refractivity contribution in [1.82, 2.24) is 0 Å². The van der Waals surface area contributed by atoms with Gasteiger partial charge in [0, 0.05) is 19.8 Å². The molecule has 29 heavy (non-hydrogen) atoms. The summed E-state index contributed by atoms with van der Waals surface area (Å²) in [5, 5.41) is -2.32. The van der Waals surface area contributed by atoms with Crippen molar-refractivity contribution >= 4 is 10.1 Å². The maximum Gasteiger partial charge on any atom is 1.00 e. The Hall–Kier alpha value is 0.790. The summed E-state index contributed by atoms with van der Waals surface area (Å²) in [5.41, 5.74) is -1.35. The summed E-state index contributed by atoms with van der Waals surface area (Å²) < 4.78 is 53.1. The van der Waals surface area contributed by atoms with E-state index in [2.05, 4.69) is 6.92 Å². The van der Waals surface area contributed by atoms with Gasteiger partial charge in [0.25, 0.3) is 5.12 Å². The average molecular weight is 447 g/mol. The molecular formula is C21H43NaO6S. The molecule has 1 unspecified atom stereocenters. The number of rotatable bonds is 19. The Morgan fingerprint density at radius 1 is 0.690 bits per heavy atom. The molecule has 0 N–H and O–H groups in total. The van der Waals surface area contributed by atoms with Crippen molar-refractivity contribution in [3.8, 4) is 0 Å². The summed E-state index contributed by atoms with van der Waals surface area (Å²) in [6.07, 6.45) is 12.1. The molecule has 1 atom stereocenters. The van der Waals surface area contributed by atoms with Crippen molar-refractivity contribution < 1.29 is 56.7 Å². The summed E-state index contributed by atoms with van der Waals surface area (Å²) in [7, 11) is -4.91. The van der Waals surface area contributed by atoms with Gasteiger partial charge in [-0.1, -0.05) is 71.1 Å². The van der Waals surface area contributed by atoms with Crippen molar-refractivity contribution in [3.63, 3.8) is 0 Å². The van der Waals surface area contributed by atoms with Crippen LogP contribution in [0.15, 0.2) is 0 Å². The van der Waals surface area contributed by atoms with Crippen LogP contribution in [0, 0.1) is 0 Å². The third-order valence-electron chi connectivity index (χ3n) is 5.12. The maximum absolute atomic E-state index is 12.2. The summed E-state index contributed by atoms with van der Waals surface area (Å²) in [4.78, 5) is 0. The van der Waals surface area contributed by atoms with E-state index in [1.165, 1.54) is 44.9 Å². The monoisotopic (exact) mass is 446 g/mol. The molecule has 0 aliphatic rings. The normalized spacial score (nSPS) is 14.4. The first-order valence-electron chi connectivity index (χ1n) is 11.1. The van der Waals surface area contributed by atoms with E-state index in [1.54, 1.807) is 27.7 Å². The Labute approximate surface area is 201 Å². The first-order chi connectivity index (χ1) is 13.2. The Kier molecular flexibility index (Phi) is 19.1. The van der Waals surface area contributed by atoms with Gasteiger partial charge in [-0.2, -0.15) is 0 Å². The van der Waals surface area contributed by atoms with Crippen LogP contribution in [0.4, 0.5) is 0 Å². The molecule has 0 aromatic carbocycles. The van der Waals surface area contributed by atoms with E-state index in [9.17, 15) is 13.0 Å². The van der Waals surface area contributed by atoms with Crippen molar-refractivity contribution in [2.24, 2.45) is 0 Å². The maximum atomic E-state index is 12.2. The van der Waals surface area contributed by atoms with Gasteiger partial charge in [0.2, 0.25) is 0 Å². The van der Waals surface area contributed by atoms with Gasteiger partial charge < -0.3 is 18.8 Å². The smallest absolute Gasteiger partial charge is 0.744 e. The number of hydrogen-bond donors (Lipinski definition) is 0. The SMILES string of the molecule is CCCCCCCCCCCCC(C)(OCC)C(OCC)(OCC)S(=O)(=O)[O-].[Na+]. The van der Waals surface area contributed by atoms with Crippen LogP contribution in [0.1, 0.15) is 105 Å². The Morgan fingerprint density at radius 2 is 1.07 bits per heavy atom. The van der Waals surface area contributed by atoms with Crippen LogP contribution in [0.2, 0.25) is 0 Å². The predicted octanol–water partition coefficient (Wildman–Crippen LogP) is 2.37. The molecule has 0 aromatic heterocycles. The zero-order valence-electron chi connectivity index (χ0n) is 19.8. The fraction of sp³-hybridized carbons (Fsp3) is 1.00. The molecule has 0 bridgehead atoms. The fourth-order valence-corrected chi connectivity index (χ4v) is 4.93. The molecule has 0 saturated carbocycles. The molecule has 0 aliphatic heterocycles.